The van der Waals surface area contributed by atoms with Crippen LogP contribution in [0.15, 0.2) is 5.16 Å². The number of nitrogens with zero attached hydrogens (tertiary/aromatic N) is 1. The molecule has 0 saturated carbocycles. The van der Waals surface area contributed by atoms with Gasteiger partial charge in [0.2, 0.25) is 0 Å². The molecule has 62 valence electrons. The van der Waals surface area contributed by atoms with Crippen molar-refractivity contribution < 1.29 is 19.2 Å². The Bertz CT molecular complexity index is 175. The van der Waals surface area contributed by atoms with Crippen LogP contribution in [0.2, 0.25) is 0 Å². The van der Waals surface area contributed by atoms with E-state index in [0.717, 1.165) is 6.21 Å². The van der Waals surface area contributed by atoms with Gasteiger partial charge in [0.15, 0.2) is 6.21 Å². The van der Waals surface area contributed by atoms with E-state index < -0.39 is 11.9 Å². The summed E-state index contributed by atoms with van der Waals surface area (Å²) >= 11 is 0. The van der Waals surface area contributed by atoms with Crippen LogP contribution in [-0.4, -0.2) is 24.8 Å². The van der Waals surface area contributed by atoms with Crippen molar-refractivity contribution in [3.8, 4) is 0 Å². The van der Waals surface area contributed by atoms with Gasteiger partial charge in [0.1, 0.15) is 0 Å². The topological polar surface area (TPSA) is 65.0 Å². The van der Waals surface area contributed by atoms with Gasteiger partial charge < -0.3 is 9.57 Å². The lowest BCUT2D eigenvalue weighted by Crippen LogP contribution is -2.05. The average molecular weight is 159 g/mol. The van der Waals surface area contributed by atoms with E-state index >= 15 is 0 Å². The van der Waals surface area contributed by atoms with Crippen LogP contribution in [0.1, 0.15) is 13.8 Å². The molecule has 0 unspecified atom stereocenters. The standard InChI is InChI=1S/C6H9NO4/c1-3-10-6(9)4-7-11-5(2)8/h4H,3H2,1-2H3/b7-4+. The number of oxime groups is 1. The van der Waals surface area contributed by atoms with Crippen molar-refractivity contribution in [2.75, 3.05) is 6.61 Å². The normalized spacial score (nSPS) is 9.64. The van der Waals surface area contributed by atoms with E-state index in [1.54, 1.807) is 6.92 Å². The number of hydrogen-bond acceptors (Lipinski definition) is 5. The van der Waals surface area contributed by atoms with Gasteiger partial charge in [-0.25, -0.2) is 9.59 Å². The van der Waals surface area contributed by atoms with E-state index in [4.69, 9.17) is 0 Å². The highest BCUT2D eigenvalue weighted by molar-refractivity contribution is 6.23. The summed E-state index contributed by atoms with van der Waals surface area (Å²) in [6.45, 7) is 3.12. The Hall–Kier alpha value is -1.39. The van der Waals surface area contributed by atoms with E-state index in [2.05, 4.69) is 14.7 Å². The molecule has 0 fully saturated rings. The molecule has 0 atom stereocenters. The molecule has 0 amide bonds. The zero-order valence-corrected chi connectivity index (χ0v) is 6.36. The van der Waals surface area contributed by atoms with Crippen LogP contribution in [0.3, 0.4) is 0 Å². The molecule has 0 heterocycles. The molecule has 0 spiro atoms. The maximum Gasteiger partial charge on any atom is 0.352 e. The van der Waals surface area contributed by atoms with Crippen molar-refractivity contribution in [3.05, 3.63) is 0 Å². The fraction of sp³-hybridized carbons (Fsp3) is 0.500. The highest BCUT2D eigenvalue weighted by Crippen LogP contribution is 1.77. The lowest BCUT2D eigenvalue weighted by molar-refractivity contribution is -0.141. The Kier molecular flexibility index (Phi) is 4.72. The third kappa shape index (κ3) is 6.50. The molecular weight excluding hydrogens is 150 g/mol. The Morgan fingerprint density at radius 1 is 1.55 bits per heavy atom. The maximum absolute atomic E-state index is 10.5. The third-order valence-corrected chi connectivity index (χ3v) is 0.626. The first kappa shape index (κ1) is 9.61. The number of carbonyl (C=O) groups is 2. The van der Waals surface area contributed by atoms with Gasteiger partial charge in [-0.15, -0.1) is 0 Å². The average Bonchev–Trinajstić information content (AvgIpc) is 1.87. The van der Waals surface area contributed by atoms with Crippen LogP contribution in [-0.2, 0) is 19.2 Å². The first-order valence-electron chi connectivity index (χ1n) is 3.04. The Balaban J connectivity index is 3.56. The van der Waals surface area contributed by atoms with Crippen LogP contribution in [0, 0.1) is 0 Å². The predicted molar refractivity (Wildman–Crippen MR) is 36.9 cm³/mol. The lowest BCUT2D eigenvalue weighted by Gasteiger charge is -1.92. The highest BCUT2D eigenvalue weighted by atomic mass is 16.7. The van der Waals surface area contributed by atoms with Crippen molar-refractivity contribution in [3.63, 3.8) is 0 Å². The van der Waals surface area contributed by atoms with Crippen LogP contribution in [0.5, 0.6) is 0 Å². The molecular formula is C6H9NO4. The van der Waals surface area contributed by atoms with Gasteiger partial charge in [-0.3, -0.25) is 0 Å². The molecule has 0 radical (unpaired) electrons. The molecule has 0 aromatic rings. The predicted octanol–water partition coefficient (Wildman–Crippen LogP) is 0.0984. The number of esters is 1. The van der Waals surface area contributed by atoms with Gasteiger partial charge in [0, 0.05) is 6.92 Å². The summed E-state index contributed by atoms with van der Waals surface area (Å²) in [5, 5.41) is 3.04. The molecule has 5 heteroatoms. The van der Waals surface area contributed by atoms with Crippen LogP contribution in [0.4, 0.5) is 0 Å². The van der Waals surface area contributed by atoms with E-state index in [9.17, 15) is 9.59 Å². The SMILES string of the molecule is CCOC(=O)/C=N/OC(C)=O. The van der Waals surface area contributed by atoms with E-state index in [1.807, 2.05) is 0 Å². The highest BCUT2D eigenvalue weighted by Gasteiger charge is 1.94. The maximum atomic E-state index is 10.5. The monoisotopic (exact) mass is 159 g/mol. The number of ether oxygens (including phenoxy) is 1. The fourth-order valence-electron chi connectivity index (χ4n) is 0.323. The number of rotatable bonds is 3. The van der Waals surface area contributed by atoms with Crippen molar-refractivity contribution in [1.29, 1.82) is 0 Å². The molecule has 0 aliphatic rings. The molecule has 0 bridgehead atoms. The molecule has 0 aromatic heterocycles. The minimum atomic E-state index is -0.631. The van der Waals surface area contributed by atoms with E-state index in [-0.39, 0.29) is 6.61 Å². The Morgan fingerprint density at radius 3 is 2.64 bits per heavy atom. The van der Waals surface area contributed by atoms with Gasteiger partial charge in [0.25, 0.3) is 0 Å². The smallest absolute Gasteiger partial charge is 0.352 e. The van der Waals surface area contributed by atoms with Crippen molar-refractivity contribution in [2.24, 2.45) is 5.16 Å². The molecule has 0 saturated heterocycles. The first-order valence-corrected chi connectivity index (χ1v) is 3.04. The van der Waals surface area contributed by atoms with Crippen LogP contribution < -0.4 is 0 Å². The molecule has 5 nitrogen and oxygen atoms in total. The molecule has 0 aromatic carbocycles. The Labute approximate surface area is 64.0 Å². The summed E-state index contributed by atoms with van der Waals surface area (Å²) in [5.74, 6) is -1.21. The summed E-state index contributed by atoms with van der Waals surface area (Å²) in [4.78, 5) is 24.6. The summed E-state index contributed by atoms with van der Waals surface area (Å²) < 4.78 is 4.44. The van der Waals surface area contributed by atoms with E-state index in [1.165, 1.54) is 6.92 Å². The third-order valence-electron chi connectivity index (χ3n) is 0.626. The number of carbonyl (C=O) groups excluding carboxylic acids is 2. The summed E-state index contributed by atoms with van der Waals surface area (Å²) in [5.41, 5.74) is 0. The minimum absolute atomic E-state index is 0.269. The van der Waals surface area contributed by atoms with Gasteiger partial charge in [-0.1, -0.05) is 5.16 Å². The summed E-state index contributed by atoms with van der Waals surface area (Å²) in [6, 6.07) is 0. The summed E-state index contributed by atoms with van der Waals surface area (Å²) in [6.07, 6.45) is 0.797. The first-order chi connectivity index (χ1) is 5.16. The van der Waals surface area contributed by atoms with Crippen molar-refractivity contribution in [1.82, 2.24) is 0 Å². The largest absolute Gasteiger partial charge is 0.462 e. The fourth-order valence-corrected chi connectivity index (χ4v) is 0.323. The van der Waals surface area contributed by atoms with Gasteiger partial charge in [0.05, 0.1) is 6.61 Å². The van der Waals surface area contributed by atoms with Gasteiger partial charge in [-0.2, -0.15) is 0 Å². The molecule has 0 aliphatic heterocycles. The Morgan fingerprint density at radius 2 is 2.18 bits per heavy atom. The van der Waals surface area contributed by atoms with Gasteiger partial charge in [-0.05, 0) is 6.92 Å². The second kappa shape index (κ2) is 5.40. The van der Waals surface area contributed by atoms with Gasteiger partial charge >= 0.3 is 11.9 Å². The quantitative estimate of drug-likeness (QED) is 0.253. The molecule has 11 heavy (non-hydrogen) atoms. The molecule has 0 N–H and O–H groups in total. The van der Waals surface area contributed by atoms with Crippen molar-refractivity contribution >= 4 is 18.2 Å². The van der Waals surface area contributed by atoms with Crippen molar-refractivity contribution in [2.45, 2.75) is 13.8 Å². The van der Waals surface area contributed by atoms with Crippen LogP contribution in [0.25, 0.3) is 0 Å². The zero-order chi connectivity index (χ0) is 8.69. The van der Waals surface area contributed by atoms with E-state index in [0.29, 0.717) is 0 Å². The summed E-state index contributed by atoms with van der Waals surface area (Å²) in [7, 11) is 0. The number of hydrogen-bond donors (Lipinski definition) is 0. The lowest BCUT2D eigenvalue weighted by atomic mass is 10.7. The zero-order valence-electron chi connectivity index (χ0n) is 6.36. The molecule has 0 rings (SSSR count). The van der Waals surface area contributed by atoms with Crippen LogP contribution >= 0.6 is 0 Å². The molecule has 0 aliphatic carbocycles. The minimum Gasteiger partial charge on any atom is -0.462 e. The second-order valence-electron chi connectivity index (χ2n) is 1.57. The second-order valence-corrected chi connectivity index (χ2v) is 1.57.